The molecular weight excluding hydrogens is 352 g/mol. The van der Waals surface area contributed by atoms with Crippen molar-refractivity contribution in [3.63, 3.8) is 0 Å². The fourth-order valence-corrected chi connectivity index (χ4v) is 3.08. The average molecular weight is 364 g/mol. The summed E-state index contributed by atoms with van der Waals surface area (Å²) in [5.41, 5.74) is 2.34. The number of aromatic nitrogens is 2. The highest BCUT2D eigenvalue weighted by atomic mass is 79.9. The highest BCUT2D eigenvalue weighted by Crippen LogP contribution is 2.21. The molecule has 0 bridgehead atoms. The minimum absolute atomic E-state index is 0.0255. The third-order valence-electron chi connectivity index (χ3n) is 3.32. The topological polar surface area (TPSA) is 34.9 Å². The van der Waals surface area contributed by atoms with E-state index in [9.17, 15) is 4.79 Å². The molecule has 106 valence electrons. The molecule has 0 saturated carbocycles. The molecule has 0 fully saturated rings. The number of fused-ring (bicyclic) bond motifs is 1. The van der Waals surface area contributed by atoms with Crippen LogP contribution in [-0.2, 0) is 6.54 Å². The minimum atomic E-state index is -0.0255. The van der Waals surface area contributed by atoms with Gasteiger partial charge in [0.15, 0.2) is 0 Å². The molecule has 0 aliphatic heterocycles. The van der Waals surface area contributed by atoms with Gasteiger partial charge in [0.05, 0.1) is 12.1 Å². The number of aryl methyl sites for hydroxylation is 1. The number of nitrogens with zero attached hydrogens (tertiary/aromatic N) is 2. The number of para-hydroxylation sites is 1. The molecule has 0 amide bonds. The molecule has 21 heavy (non-hydrogen) atoms. The summed E-state index contributed by atoms with van der Waals surface area (Å²) in [6.07, 6.45) is 1.76. The SMILES string of the molecule is Cc1cc(Br)cn(Cc2cc3ccccc3nc2Cl)c1=O. The summed E-state index contributed by atoms with van der Waals surface area (Å²) >= 11 is 9.66. The van der Waals surface area contributed by atoms with E-state index in [1.807, 2.05) is 30.3 Å². The Bertz CT molecular complexity index is 889. The van der Waals surface area contributed by atoms with E-state index >= 15 is 0 Å². The molecule has 0 spiro atoms. The van der Waals surface area contributed by atoms with Crippen molar-refractivity contribution in [1.29, 1.82) is 0 Å². The van der Waals surface area contributed by atoms with Gasteiger partial charge < -0.3 is 4.57 Å². The van der Waals surface area contributed by atoms with Crippen molar-refractivity contribution in [3.05, 3.63) is 73.7 Å². The second-order valence-electron chi connectivity index (χ2n) is 4.91. The Kier molecular flexibility index (Phi) is 3.83. The fraction of sp³-hybridized carbons (Fsp3) is 0.125. The molecule has 2 aromatic heterocycles. The standard InChI is InChI=1S/C16H12BrClN2O/c1-10-6-13(17)9-20(16(10)21)8-12-7-11-4-2-3-5-14(11)19-15(12)18/h2-7,9H,8H2,1H3. The summed E-state index contributed by atoms with van der Waals surface area (Å²) in [5, 5.41) is 1.44. The molecule has 3 nitrogen and oxygen atoms in total. The Morgan fingerprint density at radius 1 is 1.29 bits per heavy atom. The number of halogens is 2. The van der Waals surface area contributed by atoms with Gasteiger partial charge >= 0.3 is 0 Å². The van der Waals surface area contributed by atoms with Gasteiger partial charge in [-0.15, -0.1) is 0 Å². The number of hydrogen-bond donors (Lipinski definition) is 0. The lowest BCUT2D eigenvalue weighted by atomic mass is 10.1. The van der Waals surface area contributed by atoms with Gasteiger partial charge in [-0.2, -0.15) is 0 Å². The third-order valence-corrected chi connectivity index (χ3v) is 4.08. The molecule has 5 heteroatoms. The van der Waals surface area contributed by atoms with E-state index in [0.29, 0.717) is 17.3 Å². The summed E-state index contributed by atoms with van der Waals surface area (Å²) in [4.78, 5) is 16.6. The van der Waals surface area contributed by atoms with Crippen LogP contribution in [0, 0.1) is 6.92 Å². The van der Waals surface area contributed by atoms with Gasteiger partial charge in [-0.25, -0.2) is 4.98 Å². The van der Waals surface area contributed by atoms with Crippen LogP contribution in [0.4, 0.5) is 0 Å². The van der Waals surface area contributed by atoms with Crippen LogP contribution in [0.25, 0.3) is 10.9 Å². The predicted octanol–water partition coefficient (Wildman–Crippen LogP) is 4.17. The van der Waals surface area contributed by atoms with E-state index in [-0.39, 0.29) is 5.56 Å². The lowest BCUT2D eigenvalue weighted by Crippen LogP contribution is -2.22. The molecule has 1 aromatic carbocycles. The molecular formula is C16H12BrClN2O. The van der Waals surface area contributed by atoms with E-state index in [1.165, 1.54) is 0 Å². The number of pyridine rings is 2. The van der Waals surface area contributed by atoms with Crippen LogP contribution < -0.4 is 5.56 Å². The maximum absolute atomic E-state index is 12.2. The van der Waals surface area contributed by atoms with Gasteiger partial charge in [-0.3, -0.25) is 4.79 Å². The largest absolute Gasteiger partial charge is 0.310 e. The first-order chi connectivity index (χ1) is 10.0. The molecule has 0 unspecified atom stereocenters. The first-order valence-electron chi connectivity index (χ1n) is 6.45. The van der Waals surface area contributed by atoms with Gasteiger partial charge in [-0.1, -0.05) is 29.8 Å². The third kappa shape index (κ3) is 2.87. The summed E-state index contributed by atoms with van der Waals surface area (Å²) in [6.45, 7) is 2.19. The first kappa shape index (κ1) is 14.3. The van der Waals surface area contributed by atoms with E-state index in [2.05, 4.69) is 20.9 Å². The summed E-state index contributed by atoms with van der Waals surface area (Å²) in [5.74, 6) is 0. The zero-order chi connectivity index (χ0) is 15.0. The molecule has 0 N–H and O–H groups in total. The minimum Gasteiger partial charge on any atom is -0.310 e. The van der Waals surface area contributed by atoms with Crippen molar-refractivity contribution in [1.82, 2.24) is 9.55 Å². The molecule has 0 radical (unpaired) electrons. The number of rotatable bonds is 2. The van der Waals surface area contributed by atoms with Crippen LogP contribution in [0.3, 0.4) is 0 Å². The number of benzene rings is 1. The van der Waals surface area contributed by atoms with Gasteiger partial charge in [-0.05, 0) is 41.1 Å². The highest BCUT2D eigenvalue weighted by molar-refractivity contribution is 9.10. The smallest absolute Gasteiger partial charge is 0.253 e. The number of hydrogen-bond acceptors (Lipinski definition) is 2. The second kappa shape index (κ2) is 5.62. The maximum atomic E-state index is 12.2. The average Bonchev–Trinajstić information content (AvgIpc) is 2.45. The van der Waals surface area contributed by atoms with Crippen LogP contribution in [0.1, 0.15) is 11.1 Å². The van der Waals surface area contributed by atoms with Crippen LogP contribution in [0.15, 0.2) is 51.9 Å². The quantitative estimate of drug-likeness (QED) is 0.641. The van der Waals surface area contributed by atoms with E-state index in [1.54, 1.807) is 23.8 Å². The van der Waals surface area contributed by atoms with Crippen molar-refractivity contribution in [3.8, 4) is 0 Å². The molecule has 2 heterocycles. The summed E-state index contributed by atoms with van der Waals surface area (Å²) in [7, 11) is 0. The molecule has 0 saturated heterocycles. The van der Waals surface area contributed by atoms with Crippen molar-refractivity contribution in [2.24, 2.45) is 0 Å². The van der Waals surface area contributed by atoms with Crippen LogP contribution in [0.5, 0.6) is 0 Å². The Hall–Kier alpha value is -1.65. The summed E-state index contributed by atoms with van der Waals surface area (Å²) in [6, 6.07) is 11.6. The predicted molar refractivity (Wildman–Crippen MR) is 89.0 cm³/mol. The Morgan fingerprint density at radius 2 is 2.05 bits per heavy atom. The highest BCUT2D eigenvalue weighted by Gasteiger charge is 2.08. The van der Waals surface area contributed by atoms with Crippen LogP contribution in [0.2, 0.25) is 5.15 Å². The van der Waals surface area contributed by atoms with Gasteiger partial charge in [0.25, 0.3) is 5.56 Å². The zero-order valence-corrected chi connectivity index (χ0v) is 13.6. The lowest BCUT2D eigenvalue weighted by Gasteiger charge is -2.10. The Balaban J connectivity index is 2.10. The maximum Gasteiger partial charge on any atom is 0.253 e. The summed E-state index contributed by atoms with van der Waals surface area (Å²) < 4.78 is 2.50. The lowest BCUT2D eigenvalue weighted by molar-refractivity contribution is 0.748. The molecule has 3 aromatic rings. The molecule has 0 aliphatic carbocycles. The van der Waals surface area contributed by atoms with Crippen molar-refractivity contribution >= 4 is 38.4 Å². The van der Waals surface area contributed by atoms with Crippen molar-refractivity contribution in [2.75, 3.05) is 0 Å². The van der Waals surface area contributed by atoms with Gasteiger partial charge in [0, 0.05) is 27.2 Å². The zero-order valence-electron chi connectivity index (χ0n) is 11.3. The normalized spacial score (nSPS) is 11.0. The van der Waals surface area contributed by atoms with Gasteiger partial charge in [0.2, 0.25) is 0 Å². The van der Waals surface area contributed by atoms with Gasteiger partial charge in [0.1, 0.15) is 5.15 Å². The van der Waals surface area contributed by atoms with E-state index < -0.39 is 0 Å². The molecule has 0 atom stereocenters. The van der Waals surface area contributed by atoms with E-state index in [0.717, 1.165) is 20.9 Å². The molecule has 3 rings (SSSR count). The van der Waals surface area contributed by atoms with Crippen molar-refractivity contribution in [2.45, 2.75) is 13.5 Å². The van der Waals surface area contributed by atoms with Crippen LogP contribution in [-0.4, -0.2) is 9.55 Å². The fourth-order valence-electron chi connectivity index (χ4n) is 2.29. The second-order valence-corrected chi connectivity index (χ2v) is 6.18. The monoisotopic (exact) mass is 362 g/mol. The van der Waals surface area contributed by atoms with E-state index in [4.69, 9.17) is 11.6 Å². The Labute approximate surface area is 135 Å². The first-order valence-corrected chi connectivity index (χ1v) is 7.62. The van der Waals surface area contributed by atoms with Crippen molar-refractivity contribution < 1.29 is 0 Å². The van der Waals surface area contributed by atoms with Crippen LogP contribution >= 0.6 is 27.5 Å². The molecule has 0 aliphatic rings. The Morgan fingerprint density at radius 3 is 2.86 bits per heavy atom.